The average Bonchev–Trinajstić information content (AvgIpc) is 2.93. The number of likely N-dealkylation sites (N-methyl/N-ethyl adjacent to an activating group) is 1. The lowest BCUT2D eigenvalue weighted by Gasteiger charge is -2.17. The van der Waals surface area contributed by atoms with Crippen molar-refractivity contribution in [2.75, 3.05) is 26.7 Å². The molecule has 2 aliphatic heterocycles. The number of hydrogen-bond donors (Lipinski definition) is 1. The van der Waals surface area contributed by atoms with Gasteiger partial charge in [0.1, 0.15) is 0 Å². The molecule has 1 amide bonds. The molecule has 2 atom stereocenters. The van der Waals surface area contributed by atoms with Gasteiger partial charge in [0.15, 0.2) is 0 Å². The molecule has 3 nitrogen and oxygen atoms in total. The Morgan fingerprint density at radius 2 is 1.73 bits per heavy atom. The van der Waals surface area contributed by atoms with Crippen LogP contribution in [-0.4, -0.2) is 37.5 Å². The number of benzene rings is 2. The van der Waals surface area contributed by atoms with E-state index in [4.69, 9.17) is 0 Å². The topological polar surface area (TPSA) is 32.3 Å². The summed E-state index contributed by atoms with van der Waals surface area (Å²) in [5, 5.41) is 2.99. The van der Waals surface area contributed by atoms with Crippen LogP contribution in [0.25, 0.3) is 11.1 Å². The van der Waals surface area contributed by atoms with E-state index in [1.807, 2.05) is 12.1 Å². The normalized spacial score (nSPS) is 23.2. The second-order valence-corrected chi connectivity index (χ2v) is 7.17. The number of carbonyl (C=O) groups is 1. The fourth-order valence-electron chi connectivity index (χ4n) is 4.07. The highest BCUT2D eigenvalue weighted by Gasteiger charge is 2.36. The second kappa shape index (κ2) is 6.13. The molecule has 2 heterocycles. The van der Waals surface area contributed by atoms with Crippen LogP contribution < -0.4 is 5.32 Å². The van der Waals surface area contributed by atoms with Crippen molar-refractivity contribution in [1.82, 2.24) is 10.2 Å². The van der Waals surface area contributed by atoms with Gasteiger partial charge in [-0.25, -0.2) is 0 Å². The van der Waals surface area contributed by atoms with Gasteiger partial charge < -0.3 is 10.2 Å². The van der Waals surface area contributed by atoms with E-state index in [1.165, 1.54) is 12.1 Å². The van der Waals surface area contributed by atoms with E-state index in [0.29, 0.717) is 29.5 Å². The Morgan fingerprint density at radius 3 is 2.42 bits per heavy atom. The molecule has 1 fully saturated rings. The van der Waals surface area contributed by atoms with Gasteiger partial charge in [0.05, 0.1) is 5.56 Å². The Labute approximate surface area is 149 Å². The minimum Gasteiger partial charge on any atom is -0.352 e. The third kappa shape index (κ3) is 2.98. The third-order valence-corrected chi connectivity index (χ3v) is 5.39. The molecule has 2 aliphatic rings. The fourth-order valence-corrected chi connectivity index (χ4v) is 4.07. The third-order valence-electron chi connectivity index (χ3n) is 5.39. The lowest BCUT2D eigenvalue weighted by atomic mass is 9.86. The zero-order valence-corrected chi connectivity index (χ0v) is 14.3. The predicted octanol–water partition coefficient (Wildman–Crippen LogP) is 3.76. The number of halogens is 3. The summed E-state index contributed by atoms with van der Waals surface area (Å²) in [7, 11) is 2.08. The van der Waals surface area contributed by atoms with Gasteiger partial charge in [-0.05, 0) is 47.9 Å². The van der Waals surface area contributed by atoms with Gasteiger partial charge in [0, 0.05) is 31.1 Å². The van der Waals surface area contributed by atoms with Crippen molar-refractivity contribution in [3.8, 4) is 11.1 Å². The predicted molar refractivity (Wildman–Crippen MR) is 92.9 cm³/mol. The molecule has 0 radical (unpaired) electrons. The van der Waals surface area contributed by atoms with Crippen molar-refractivity contribution in [2.24, 2.45) is 5.92 Å². The quantitative estimate of drug-likeness (QED) is 0.840. The molecular weight excluding hydrogens is 341 g/mol. The van der Waals surface area contributed by atoms with Crippen molar-refractivity contribution in [3.63, 3.8) is 0 Å². The molecule has 0 saturated carbocycles. The molecule has 1 saturated heterocycles. The summed E-state index contributed by atoms with van der Waals surface area (Å²) >= 11 is 0. The number of alkyl halides is 3. The van der Waals surface area contributed by atoms with Crippen molar-refractivity contribution >= 4 is 5.91 Å². The minimum absolute atomic E-state index is 0.106. The van der Waals surface area contributed by atoms with Crippen LogP contribution >= 0.6 is 0 Å². The lowest BCUT2D eigenvalue weighted by Crippen LogP contribution is -2.29. The van der Waals surface area contributed by atoms with Crippen LogP contribution in [0.4, 0.5) is 13.2 Å². The first-order valence-corrected chi connectivity index (χ1v) is 8.61. The number of likely N-dealkylation sites (tertiary alicyclic amines) is 1. The molecule has 2 aromatic rings. The minimum atomic E-state index is -4.35. The van der Waals surface area contributed by atoms with Crippen LogP contribution in [-0.2, 0) is 6.18 Å². The van der Waals surface area contributed by atoms with Gasteiger partial charge in [-0.3, -0.25) is 4.79 Å². The number of carbonyl (C=O) groups excluding carboxylic acids is 1. The van der Waals surface area contributed by atoms with Crippen molar-refractivity contribution in [2.45, 2.75) is 12.1 Å². The molecule has 0 bridgehead atoms. The highest BCUT2D eigenvalue weighted by molar-refractivity contribution is 5.97. The number of hydrogen-bond acceptors (Lipinski definition) is 2. The van der Waals surface area contributed by atoms with E-state index in [-0.39, 0.29) is 5.91 Å². The van der Waals surface area contributed by atoms with E-state index >= 15 is 0 Å². The SMILES string of the molecule is CN1C[C@@H]2CNC(=O)c3cc(-c4ccc(C(F)(F)F)cc4)ccc3[C@H]2C1. The van der Waals surface area contributed by atoms with Crippen LogP contribution in [0.1, 0.15) is 27.4 Å². The van der Waals surface area contributed by atoms with Gasteiger partial charge in [0.2, 0.25) is 0 Å². The van der Waals surface area contributed by atoms with Crippen molar-refractivity contribution in [3.05, 3.63) is 59.2 Å². The monoisotopic (exact) mass is 360 g/mol. The van der Waals surface area contributed by atoms with Gasteiger partial charge in [-0.15, -0.1) is 0 Å². The van der Waals surface area contributed by atoms with Gasteiger partial charge >= 0.3 is 6.18 Å². The van der Waals surface area contributed by atoms with E-state index in [1.54, 1.807) is 6.07 Å². The zero-order chi connectivity index (χ0) is 18.5. The number of nitrogens with one attached hydrogen (secondary N) is 1. The number of rotatable bonds is 1. The molecule has 2 aromatic carbocycles. The first-order chi connectivity index (χ1) is 12.3. The molecule has 26 heavy (non-hydrogen) atoms. The molecule has 0 spiro atoms. The molecule has 0 unspecified atom stereocenters. The van der Waals surface area contributed by atoms with Crippen LogP contribution in [0.15, 0.2) is 42.5 Å². The molecule has 136 valence electrons. The molecular formula is C20H19F3N2O. The highest BCUT2D eigenvalue weighted by Crippen LogP contribution is 2.37. The largest absolute Gasteiger partial charge is 0.416 e. The van der Waals surface area contributed by atoms with E-state index in [2.05, 4.69) is 17.3 Å². The Hall–Kier alpha value is -2.34. The molecule has 0 aliphatic carbocycles. The summed E-state index contributed by atoms with van der Waals surface area (Å²) in [5.74, 6) is 0.587. The van der Waals surface area contributed by atoms with E-state index < -0.39 is 11.7 Å². The number of nitrogens with zero attached hydrogens (tertiary/aromatic N) is 1. The van der Waals surface area contributed by atoms with Gasteiger partial charge in [-0.1, -0.05) is 24.3 Å². The Bertz CT molecular complexity index is 845. The van der Waals surface area contributed by atoms with E-state index in [9.17, 15) is 18.0 Å². The highest BCUT2D eigenvalue weighted by atomic mass is 19.4. The number of fused-ring (bicyclic) bond motifs is 3. The first kappa shape index (κ1) is 17.1. The summed E-state index contributed by atoms with van der Waals surface area (Å²) in [6.45, 7) is 2.51. The van der Waals surface area contributed by atoms with Gasteiger partial charge in [-0.2, -0.15) is 13.2 Å². The number of amides is 1. The second-order valence-electron chi connectivity index (χ2n) is 7.17. The summed E-state index contributed by atoms with van der Waals surface area (Å²) in [6, 6.07) is 10.7. The summed E-state index contributed by atoms with van der Waals surface area (Å²) in [5.41, 5.74) is 2.40. The van der Waals surface area contributed by atoms with Crippen LogP contribution in [0.2, 0.25) is 0 Å². The molecule has 6 heteroatoms. The maximum Gasteiger partial charge on any atom is 0.416 e. The maximum absolute atomic E-state index is 12.7. The molecule has 4 rings (SSSR count). The van der Waals surface area contributed by atoms with Crippen LogP contribution in [0.3, 0.4) is 0 Å². The van der Waals surface area contributed by atoms with Crippen molar-refractivity contribution < 1.29 is 18.0 Å². The maximum atomic E-state index is 12.7. The van der Waals surface area contributed by atoms with Crippen LogP contribution in [0.5, 0.6) is 0 Å². The summed E-state index contributed by atoms with van der Waals surface area (Å²) < 4.78 is 38.2. The first-order valence-electron chi connectivity index (χ1n) is 8.61. The zero-order valence-electron chi connectivity index (χ0n) is 14.3. The van der Waals surface area contributed by atoms with Gasteiger partial charge in [0.25, 0.3) is 5.91 Å². The van der Waals surface area contributed by atoms with Crippen molar-refractivity contribution in [1.29, 1.82) is 0 Å². The summed E-state index contributed by atoms with van der Waals surface area (Å²) in [6.07, 6.45) is -4.35. The molecule has 1 N–H and O–H groups in total. The average molecular weight is 360 g/mol. The molecule has 0 aromatic heterocycles. The lowest BCUT2D eigenvalue weighted by molar-refractivity contribution is -0.137. The Morgan fingerprint density at radius 1 is 1.04 bits per heavy atom. The smallest absolute Gasteiger partial charge is 0.352 e. The summed E-state index contributed by atoms with van der Waals surface area (Å²) in [4.78, 5) is 14.8. The van der Waals surface area contributed by atoms with E-state index in [0.717, 1.165) is 36.3 Å². The fraction of sp³-hybridized carbons (Fsp3) is 0.350. The van der Waals surface area contributed by atoms with Crippen LogP contribution in [0, 0.1) is 5.92 Å². The standard InChI is InChI=1S/C20H19F3N2O/c1-25-10-14-9-24-19(26)17-8-13(4-7-16(17)18(14)11-25)12-2-5-15(6-3-12)20(21,22)23/h2-8,14,18H,9-11H2,1H3,(H,24,26)/t14-,18-/m0/s1. The Kier molecular flexibility index (Phi) is 4.03. The Balaban J connectivity index is 1.71.